The first kappa shape index (κ1) is 12.2. The predicted molar refractivity (Wildman–Crippen MR) is 65.0 cm³/mol. The maximum absolute atomic E-state index is 12.0. The maximum Gasteiger partial charge on any atom is 0.272 e. The van der Waals surface area contributed by atoms with Crippen molar-refractivity contribution in [3.05, 3.63) is 36.2 Å². The number of nitrogens with two attached hydrogens (primary N) is 1. The molecule has 0 saturated carbocycles. The standard InChI is InChI=1S/C12H17N3O/c1-4-15(8-9(2)3)12(16)11-6-5-10(13)7-14-11/h5-7H,2,4,8,13H2,1,3H3. The molecule has 1 heterocycles. The van der Waals surface area contributed by atoms with Gasteiger partial charge in [-0.25, -0.2) is 4.98 Å². The van der Waals surface area contributed by atoms with Crippen LogP contribution in [0.15, 0.2) is 30.5 Å². The van der Waals surface area contributed by atoms with E-state index in [-0.39, 0.29) is 5.91 Å². The summed E-state index contributed by atoms with van der Waals surface area (Å²) in [5.74, 6) is -0.0921. The number of hydrogen-bond donors (Lipinski definition) is 1. The van der Waals surface area contributed by atoms with Crippen molar-refractivity contribution in [3.8, 4) is 0 Å². The normalized spacial score (nSPS) is 9.88. The summed E-state index contributed by atoms with van der Waals surface area (Å²) in [5, 5.41) is 0. The lowest BCUT2D eigenvalue weighted by atomic mass is 10.2. The van der Waals surface area contributed by atoms with E-state index in [1.807, 2.05) is 13.8 Å². The van der Waals surface area contributed by atoms with Crippen molar-refractivity contribution < 1.29 is 4.79 Å². The number of rotatable bonds is 4. The smallest absolute Gasteiger partial charge is 0.272 e. The van der Waals surface area contributed by atoms with Crippen molar-refractivity contribution in [3.63, 3.8) is 0 Å². The zero-order chi connectivity index (χ0) is 12.1. The van der Waals surface area contributed by atoms with Crippen molar-refractivity contribution in [2.75, 3.05) is 18.8 Å². The van der Waals surface area contributed by atoms with E-state index in [0.29, 0.717) is 24.5 Å². The SMILES string of the molecule is C=C(C)CN(CC)C(=O)c1ccc(N)cn1. The van der Waals surface area contributed by atoms with Crippen LogP contribution in [-0.4, -0.2) is 28.9 Å². The minimum atomic E-state index is -0.0921. The van der Waals surface area contributed by atoms with E-state index in [2.05, 4.69) is 11.6 Å². The van der Waals surface area contributed by atoms with Crippen LogP contribution < -0.4 is 5.73 Å². The molecular weight excluding hydrogens is 202 g/mol. The van der Waals surface area contributed by atoms with Crippen LogP contribution >= 0.6 is 0 Å². The number of pyridine rings is 1. The van der Waals surface area contributed by atoms with Crippen molar-refractivity contribution in [1.82, 2.24) is 9.88 Å². The number of hydrogen-bond acceptors (Lipinski definition) is 3. The molecular formula is C12H17N3O. The van der Waals surface area contributed by atoms with E-state index in [1.54, 1.807) is 17.0 Å². The second-order valence-electron chi connectivity index (χ2n) is 3.75. The second-order valence-corrected chi connectivity index (χ2v) is 3.75. The van der Waals surface area contributed by atoms with Crippen molar-refractivity contribution >= 4 is 11.6 Å². The summed E-state index contributed by atoms with van der Waals surface area (Å²) in [5.41, 5.74) is 7.43. The highest BCUT2D eigenvalue weighted by atomic mass is 16.2. The summed E-state index contributed by atoms with van der Waals surface area (Å²) >= 11 is 0. The molecule has 0 aliphatic rings. The van der Waals surface area contributed by atoms with Gasteiger partial charge in [0.2, 0.25) is 0 Å². The Balaban J connectivity index is 2.82. The van der Waals surface area contributed by atoms with Gasteiger partial charge < -0.3 is 10.6 Å². The molecule has 0 bridgehead atoms. The number of nitrogens with zero attached hydrogens (tertiary/aromatic N) is 2. The van der Waals surface area contributed by atoms with Crippen LogP contribution in [0.4, 0.5) is 5.69 Å². The Morgan fingerprint density at radius 2 is 2.25 bits per heavy atom. The highest BCUT2D eigenvalue weighted by Gasteiger charge is 2.14. The molecule has 4 heteroatoms. The van der Waals surface area contributed by atoms with Crippen LogP contribution in [0.1, 0.15) is 24.3 Å². The first-order valence-corrected chi connectivity index (χ1v) is 5.19. The Bertz CT molecular complexity index is 384. The number of carbonyl (C=O) groups is 1. The molecule has 1 aromatic rings. The lowest BCUT2D eigenvalue weighted by molar-refractivity contribution is 0.0772. The molecule has 0 aromatic carbocycles. The van der Waals surface area contributed by atoms with Gasteiger partial charge in [-0.05, 0) is 26.0 Å². The van der Waals surface area contributed by atoms with E-state index in [4.69, 9.17) is 5.73 Å². The Hall–Kier alpha value is -1.84. The molecule has 0 spiro atoms. The number of aromatic nitrogens is 1. The van der Waals surface area contributed by atoms with Crippen LogP contribution in [0.25, 0.3) is 0 Å². The molecule has 0 saturated heterocycles. The fraction of sp³-hybridized carbons (Fsp3) is 0.333. The Morgan fingerprint density at radius 3 is 2.69 bits per heavy atom. The highest BCUT2D eigenvalue weighted by molar-refractivity contribution is 5.92. The molecule has 0 unspecified atom stereocenters. The lowest BCUT2D eigenvalue weighted by Crippen LogP contribution is -2.32. The zero-order valence-electron chi connectivity index (χ0n) is 9.73. The van der Waals surface area contributed by atoms with E-state index >= 15 is 0 Å². The number of nitrogen functional groups attached to an aromatic ring is 1. The minimum absolute atomic E-state index is 0.0921. The Labute approximate surface area is 95.8 Å². The highest BCUT2D eigenvalue weighted by Crippen LogP contribution is 2.06. The molecule has 1 rings (SSSR count). The van der Waals surface area contributed by atoms with E-state index in [1.165, 1.54) is 6.20 Å². The molecule has 0 atom stereocenters. The van der Waals surface area contributed by atoms with Gasteiger partial charge in [0.05, 0.1) is 11.9 Å². The van der Waals surface area contributed by atoms with E-state index in [0.717, 1.165) is 5.57 Å². The van der Waals surface area contributed by atoms with Gasteiger partial charge in [-0.15, -0.1) is 0 Å². The molecule has 16 heavy (non-hydrogen) atoms. The third-order valence-corrected chi connectivity index (χ3v) is 2.14. The summed E-state index contributed by atoms with van der Waals surface area (Å²) < 4.78 is 0. The van der Waals surface area contributed by atoms with Gasteiger partial charge in [-0.1, -0.05) is 12.2 Å². The van der Waals surface area contributed by atoms with Gasteiger partial charge >= 0.3 is 0 Å². The molecule has 0 radical (unpaired) electrons. The topological polar surface area (TPSA) is 59.2 Å². The third-order valence-electron chi connectivity index (χ3n) is 2.14. The zero-order valence-corrected chi connectivity index (χ0v) is 9.73. The van der Waals surface area contributed by atoms with Gasteiger partial charge in [0, 0.05) is 13.1 Å². The fourth-order valence-electron chi connectivity index (χ4n) is 1.35. The van der Waals surface area contributed by atoms with Gasteiger partial charge in [0.1, 0.15) is 5.69 Å². The van der Waals surface area contributed by atoms with Crippen LogP contribution in [0.5, 0.6) is 0 Å². The average Bonchev–Trinajstić information content (AvgIpc) is 2.25. The fourth-order valence-corrected chi connectivity index (χ4v) is 1.35. The summed E-state index contributed by atoms with van der Waals surface area (Å²) in [4.78, 5) is 17.7. The maximum atomic E-state index is 12.0. The monoisotopic (exact) mass is 219 g/mol. The van der Waals surface area contributed by atoms with E-state index in [9.17, 15) is 4.79 Å². The number of anilines is 1. The van der Waals surface area contributed by atoms with Crippen LogP contribution in [0.3, 0.4) is 0 Å². The van der Waals surface area contributed by atoms with Crippen LogP contribution in [0, 0.1) is 0 Å². The molecule has 0 aliphatic carbocycles. The molecule has 0 fully saturated rings. The minimum Gasteiger partial charge on any atom is -0.397 e. The van der Waals surface area contributed by atoms with Crippen molar-refractivity contribution in [2.45, 2.75) is 13.8 Å². The van der Waals surface area contributed by atoms with Crippen LogP contribution in [-0.2, 0) is 0 Å². The molecule has 1 aromatic heterocycles. The van der Waals surface area contributed by atoms with Crippen molar-refractivity contribution in [2.24, 2.45) is 0 Å². The molecule has 2 N–H and O–H groups in total. The number of amides is 1. The summed E-state index contributed by atoms with van der Waals surface area (Å²) in [6.45, 7) is 8.82. The third kappa shape index (κ3) is 3.08. The van der Waals surface area contributed by atoms with Gasteiger partial charge in [0.25, 0.3) is 5.91 Å². The molecule has 4 nitrogen and oxygen atoms in total. The molecule has 1 amide bonds. The van der Waals surface area contributed by atoms with E-state index < -0.39 is 0 Å². The molecule has 0 aliphatic heterocycles. The van der Waals surface area contributed by atoms with Gasteiger partial charge in [-0.3, -0.25) is 4.79 Å². The molecule has 86 valence electrons. The summed E-state index contributed by atoms with van der Waals surface area (Å²) in [7, 11) is 0. The first-order valence-electron chi connectivity index (χ1n) is 5.19. The predicted octanol–water partition coefficient (Wildman–Crippen LogP) is 1.70. The summed E-state index contributed by atoms with van der Waals surface area (Å²) in [6, 6.07) is 3.31. The van der Waals surface area contributed by atoms with Crippen molar-refractivity contribution in [1.29, 1.82) is 0 Å². The number of likely N-dealkylation sites (N-methyl/N-ethyl adjacent to an activating group) is 1. The quantitative estimate of drug-likeness (QED) is 0.784. The lowest BCUT2D eigenvalue weighted by Gasteiger charge is -2.20. The van der Waals surface area contributed by atoms with Gasteiger partial charge in [0.15, 0.2) is 0 Å². The Kier molecular flexibility index (Phi) is 4.05. The Morgan fingerprint density at radius 1 is 1.56 bits per heavy atom. The van der Waals surface area contributed by atoms with Crippen LogP contribution in [0.2, 0.25) is 0 Å². The summed E-state index contributed by atoms with van der Waals surface area (Å²) in [6.07, 6.45) is 1.49. The average molecular weight is 219 g/mol. The number of carbonyl (C=O) groups excluding carboxylic acids is 1. The first-order chi connectivity index (χ1) is 7.54. The largest absolute Gasteiger partial charge is 0.397 e. The van der Waals surface area contributed by atoms with Gasteiger partial charge in [-0.2, -0.15) is 0 Å². The second kappa shape index (κ2) is 5.30.